The Morgan fingerprint density at radius 3 is 2.74 bits per heavy atom. The van der Waals surface area contributed by atoms with Gasteiger partial charge in [0.1, 0.15) is 0 Å². The summed E-state index contributed by atoms with van der Waals surface area (Å²) in [6.45, 7) is 6.98. The molecule has 2 aromatic rings. The van der Waals surface area contributed by atoms with Crippen molar-refractivity contribution in [3.8, 4) is 0 Å². The van der Waals surface area contributed by atoms with E-state index in [0.717, 1.165) is 19.5 Å². The molecule has 4 nitrogen and oxygen atoms in total. The van der Waals surface area contributed by atoms with Crippen LogP contribution in [0.3, 0.4) is 0 Å². The van der Waals surface area contributed by atoms with E-state index in [1.54, 1.807) is 0 Å². The van der Waals surface area contributed by atoms with Gasteiger partial charge in [-0.3, -0.25) is 4.90 Å². The summed E-state index contributed by atoms with van der Waals surface area (Å²) in [5, 5.41) is 1.23. The van der Waals surface area contributed by atoms with Crippen molar-refractivity contribution in [1.29, 1.82) is 0 Å². The lowest BCUT2D eigenvalue weighted by molar-refractivity contribution is 0.113. The molecule has 27 heavy (non-hydrogen) atoms. The fourth-order valence-corrected chi connectivity index (χ4v) is 5.32. The third-order valence-electron chi connectivity index (χ3n) is 6.00. The van der Waals surface area contributed by atoms with Crippen LogP contribution in [0.5, 0.6) is 0 Å². The number of hydrogen-bond acceptors (Lipinski definition) is 5. The van der Waals surface area contributed by atoms with Crippen molar-refractivity contribution in [2.75, 3.05) is 44.7 Å². The zero-order chi connectivity index (χ0) is 18.5. The van der Waals surface area contributed by atoms with E-state index in [9.17, 15) is 0 Å². The zero-order valence-corrected chi connectivity index (χ0v) is 17.3. The number of likely N-dealkylation sites (tertiary alicyclic amines) is 1. The number of piperidine rings is 1. The van der Waals surface area contributed by atoms with Crippen molar-refractivity contribution >= 4 is 16.5 Å². The minimum atomic E-state index is 0.674. The molecule has 5 heteroatoms. The third-order valence-corrected chi connectivity index (χ3v) is 7.04. The average Bonchev–Trinajstić information content (AvgIpc) is 3.39. The SMILES string of the molecule is CN(CCc1ccccc1)[C@H]1CCCN(Cc2cnc(N3CCCC3)s2)C1. The molecule has 0 aliphatic carbocycles. The Morgan fingerprint density at radius 1 is 1.11 bits per heavy atom. The molecular formula is C22H32N4S. The third kappa shape index (κ3) is 5.09. The Balaban J connectivity index is 1.27. The molecule has 0 N–H and O–H groups in total. The first-order chi connectivity index (χ1) is 13.3. The van der Waals surface area contributed by atoms with Gasteiger partial charge < -0.3 is 9.80 Å². The van der Waals surface area contributed by atoms with Crippen molar-refractivity contribution < 1.29 is 0 Å². The highest BCUT2D eigenvalue weighted by Gasteiger charge is 2.24. The van der Waals surface area contributed by atoms with Crippen LogP contribution in [0.1, 0.15) is 36.1 Å². The standard InChI is InChI=1S/C22H32N4S/c1-24(15-11-19-8-3-2-4-9-19)20-10-7-12-25(17-20)18-21-16-23-22(27-21)26-13-5-6-14-26/h2-4,8-9,16,20H,5-7,10-15,17-18H2,1H3/t20-/m0/s1. The van der Waals surface area contributed by atoms with Gasteiger partial charge in [0.2, 0.25) is 0 Å². The highest BCUT2D eigenvalue weighted by atomic mass is 32.1. The molecule has 1 aromatic carbocycles. The van der Waals surface area contributed by atoms with Gasteiger partial charge in [-0.05, 0) is 51.3 Å². The molecule has 146 valence electrons. The lowest BCUT2D eigenvalue weighted by atomic mass is 10.0. The summed E-state index contributed by atoms with van der Waals surface area (Å²) in [7, 11) is 2.30. The van der Waals surface area contributed by atoms with Gasteiger partial charge in [-0.2, -0.15) is 0 Å². The molecule has 0 unspecified atom stereocenters. The Hall–Kier alpha value is -1.43. The van der Waals surface area contributed by atoms with Gasteiger partial charge in [0.05, 0.1) is 0 Å². The number of likely N-dealkylation sites (N-methyl/N-ethyl adjacent to an activating group) is 1. The summed E-state index contributed by atoms with van der Waals surface area (Å²) < 4.78 is 0. The number of thiazole rings is 1. The van der Waals surface area contributed by atoms with Crippen LogP contribution in [0.4, 0.5) is 5.13 Å². The summed E-state index contributed by atoms with van der Waals surface area (Å²) in [4.78, 5) is 13.8. The lowest BCUT2D eigenvalue weighted by Gasteiger charge is -2.37. The maximum absolute atomic E-state index is 4.69. The number of nitrogens with zero attached hydrogens (tertiary/aromatic N) is 4. The number of benzene rings is 1. The van der Waals surface area contributed by atoms with Crippen molar-refractivity contribution in [3.63, 3.8) is 0 Å². The molecule has 0 amide bonds. The van der Waals surface area contributed by atoms with Crippen molar-refractivity contribution in [2.24, 2.45) is 0 Å². The van der Waals surface area contributed by atoms with E-state index in [4.69, 9.17) is 0 Å². The number of anilines is 1. The summed E-state index contributed by atoms with van der Waals surface area (Å²) in [5.74, 6) is 0. The highest BCUT2D eigenvalue weighted by molar-refractivity contribution is 7.15. The second-order valence-corrected chi connectivity index (χ2v) is 9.14. The van der Waals surface area contributed by atoms with Crippen molar-refractivity contribution in [3.05, 3.63) is 47.0 Å². The molecule has 0 bridgehead atoms. The molecule has 1 aromatic heterocycles. The van der Waals surface area contributed by atoms with E-state index in [-0.39, 0.29) is 0 Å². The van der Waals surface area contributed by atoms with Crippen LogP contribution in [0.15, 0.2) is 36.5 Å². The Morgan fingerprint density at radius 2 is 1.93 bits per heavy atom. The molecule has 4 rings (SSSR count). The summed E-state index contributed by atoms with van der Waals surface area (Å²) in [5.41, 5.74) is 1.44. The molecule has 2 aliphatic heterocycles. The smallest absolute Gasteiger partial charge is 0.185 e. The van der Waals surface area contributed by atoms with Crippen LogP contribution in [-0.2, 0) is 13.0 Å². The van der Waals surface area contributed by atoms with Gasteiger partial charge in [0.15, 0.2) is 5.13 Å². The van der Waals surface area contributed by atoms with Crippen LogP contribution < -0.4 is 4.90 Å². The average molecular weight is 385 g/mol. The molecule has 2 fully saturated rings. The van der Waals surface area contributed by atoms with E-state index in [0.29, 0.717) is 6.04 Å². The predicted octanol–water partition coefficient (Wildman–Crippen LogP) is 3.88. The van der Waals surface area contributed by atoms with Crippen LogP contribution >= 0.6 is 11.3 Å². The minimum absolute atomic E-state index is 0.674. The molecule has 0 saturated carbocycles. The van der Waals surface area contributed by atoms with Crippen LogP contribution in [0.2, 0.25) is 0 Å². The summed E-state index contributed by atoms with van der Waals surface area (Å²) in [6.07, 6.45) is 8.51. The van der Waals surface area contributed by atoms with Crippen LogP contribution in [0.25, 0.3) is 0 Å². The van der Waals surface area contributed by atoms with E-state index >= 15 is 0 Å². The second kappa shape index (κ2) is 9.18. The Labute approximate surface area is 167 Å². The van der Waals surface area contributed by atoms with Gasteiger partial charge in [-0.25, -0.2) is 4.98 Å². The first-order valence-corrected chi connectivity index (χ1v) is 11.3. The minimum Gasteiger partial charge on any atom is -0.348 e. The molecule has 1 atom stereocenters. The van der Waals surface area contributed by atoms with Crippen LogP contribution in [-0.4, -0.2) is 60.6 Å². The van der Waals surface area contributed by atoms with E-state index < -0.39 is 0 Å². The Kier molecular flexibility index (Phi) is 6.43. The molecule has 2 aliphatic rings. The first-order valence-electron chi connectivity index (χ1n) is 10.4. The number of hydrogen-bond donors (Lipinski definition) is 0. The summed E-state index contributed by atoms with van der Waals surface area (Å²) in [6, 6.07) is 11.5. The lowest BCUT2D eigenvalue weighted by Crippen LogP contribution is -2.46. The normalized spacial score (nSPS) is 21.3. The van der Waals surface area contributed by atoms with Crippen molar-refractivity contribution in [2.45, 2.75) is 44.7 Å². The van der Waals surface area contributed by atoms with E-state index in [1.807, 2.05) is 11.3 Å². The molecular weight excluding hydrogens is 352 g/mol. The van der Waals surface area contributed by atoms with E-state index in [2.05, 4.69) is 63.3 Å². The topological polar surface area (TPSA) is 22.6 Å². The van der Waals surface area contributed by atoms with E-state index in [1.165, 1.54) is 67.4 Å². The molecule has 0 radical (unpaired) electrons. The van der Waals surface area contributed by atoms with Crippen LogP contribution in [0, 0.1) is 0 Å². The maximum Gasteiger partial charge on any atom is 0.185 e. The second-order valence-electron chi connectivity index (χ2n) is 8.05. The number of aromatic nitrogens is 1. The van der Waals surface area contributed by atoms with Gasteiger partial charge in [0, 0.05) is 49.8 Å². The molecule has 0 spiro atoms. The number of rotatable bonds is 7. The van der Waals surface area contributed by atoms with Gasteiger partial charge >= 0.3 is 0 Å². The highest BCUT2D eigenvalue weighted by Crippen LogP contribution is 2.27. The Bertz CT molecular complexity index is 695. The molecule has 3 heterocycles. The quantitative estimate of drug-likeness (QED) is 0.722. The fraction of sp³-hybridized carbons (Fsp3) is 0.591. The largest absolute Gasteiger partial charge is 0.348 e. The van der Waals surface area contributed by atoms with Gasteiger partial charge in [0.25, 0.3) is 0 Å². The molecule has 2 saturated heterocycles. The zero-order valence-electron chi connectivity index (χ0n) is 16.5. The predicted molar refractivity (Wildman–Crippen MR) is 115 cm³/mol. The van der Waals surface area contributed by atoms with Gasteiger partial charge in [-0.15, -0.1) is 11.3 Å². The first kappa shape index (κ1) is 18.9. The maximum atomic E-state index is 4.69. The van der Waals surface area contributed by atoms with Crippen molar-refractivity contribution in [1.82, 2.24) is 14.8 Å². The fourth-order valence-electron chi connectivity index (χ4n) is 4.31. The monoisotopic (exact) mass is 384 g/mol. The summed E-state index contributed by atoms with van der Waals surface area (Å²) >= 11 is 1.90. The van der Waals surface area contributed by atoms with Gasteiger partial charge in [-0.1, -0.05) is 30.3 Å².